The van der Waals surface area contributed by atoms with Crippen LogP contribution < -0.4 is 9.47 Å². The predicted molar refractivity (Wildman–Crippen MR) is 81.7 cm³/mol. The molecule has 0 unspecified atom stereocenters. The molecule has 2 aromatic carbocycles. The second kappa shape index (κ2) is 6.97. The maximum atomic E-state index is 11.7. The van der Waals surface area contributed by atoms with Crippen LogP contribution >= 0.6 is 39.1 Å². The van der Waals surface area contributed by atoms with E-state index in [2.05, 4.69) is 15.9 Å². The number of esters is 1. The van der Waals surface area contributed by atoms with Crippen molar-refractivity contribution in [1.29, 1.82) is 0 Å². The maximum absolute atomic E-state index is 11.7. The Kier molecular flexibility index (Phi) is 5.29. The van der Waals surface area contributed by atoms with Crippen molar-refractivity contribution >= 4 is 45.1 Å². The van der Waals surface area contributed by atoms with Crippen molar-refractivity contribution in [2.75, 3.05) is 6.61 Å². The third-order valence-corrected chi connectivity index (χ3v) is 3.39. The SMILES string of the molecule is O=C(COc1ccc(Cl)cc1)Oc1ccc(Cl)cc1Br. The Labute approximate surface area is 134 Å². The molecule has 2 aromatic rings. The van der Waals surface area contributed by atoms with Gasteiger partial charge in [0.15, 0.2) is 6.61 Å². The molecule has 0 saturated carbocycles. The van der Waals surface area contributed by atoms with Gasteiger partial charge in [0.1, 0.15) is 11.5 Å². The third kappa shape index (κ3) is 4.40. The van der Waals surface area contributed by atoms with Crippen LogP contribution in [0.3, 0.4) is 0 Å². The topological polar surface area (TPSA) is 35.5 Å². The Morgan fingerprint density at radius 3 is 2.35 bits per heavy atom. The van der Waals surface area contributed by atoms with Crippen LogP contribution in [-0.2, 0) is 4.79 Å². The quantitative estimate of drug-likeness (QED) is 0.571. The van der Waals surface area contributed by atoms with E-state index in [0.717, 1.165) is 0 Å². The van der Waals surface area contributed by atoms with E-state index in [4.69, 9.17) is 32.7 Å². The van der Waals surface area contributed by atoms with Crippen LogP contribution in [0.2, 0.25) is 10.0 Å². The fourth-order valence-corrected chi connectivity index (χ4v) is 2.27. The fraction of sp³-hybridized carbons (Fsp3) is 0.0714. The molecule has 0 aromatic heterocycles. The predicted octanol–water partition coefficient (Wildman–Crippen LogP) is 4.74. The highest BCUT2D eigenvalue weighted by atomic mass is 79.9. The van der Waals surface area contributed by atoms with Crippen molar-refractivity contribution in [2.24, 2.45) is 0 Å². The lowest BCUT2D eigenvalue weighted by Gasteiger charge is -2.08. The monoisotopic (exact) mass is 374 g/mol. The molecule has 3 nitrogen and oxygen atoms in total. The zero-order valence-electron chi connectivity index (χ0n) is 10.1. The summed E-state index contributed by atoms with van der Waals surface area (Å²) >= 11 is 14.8. The number of rotatable bonds is 4. The van der Waals surface area contributed by atoms with Gasteiger partial charge >= 0.3 is 5.97 Å². The zero-order valence-corrected chi connectivity index (χ0v) is 13.2. The smallest absolute Gasteiger partial charge is 0.349 e. The van der Waals surface area contributed by atoms with Gasteiger partial charge in [-0.05, 0) is 58.4 Å². The van der Waals surface area contributed by atoms with Gasteiger partial charge in [-0.15, -0.1) is 0 Å². The molecule has 0 spiro atoms. The summed E-state index contributed by atoms with van der Waals surface area (Å²) in [6.45, 7) is -0.198. The molecule has 0 radical (unpaired) electrons. The van der Waals surface area contributed by atoms with Gasteiger partial charge in [0.2, 0.25) is 0 Å². The summed E-state index contributed by atoms with van der Waals surface area (Å²) in [6, 6.07) is 11.6. The molecule has 0 saturated heterocycles. The number of benzene rings is 2. The molecule has 0 amide bonds. The summed E-state index contributed by atoms with van der Waals surface area (Å²) < 4.78 is 11.0. The lowest BCUT2D eigenvalue weighted by atomic mass is 10.3. The first-order valence-corrected chi connectivity index (χ1v) is 7.13. The van der Waals surface area contributed by atoms with Crippen LogP contribution in [0.5, 0.6) is 11.5 Å². The highest BCUT2D eigenvalue weighted by Crippen LogP contribution is 2.28. The second-order valence-corrected chi connectivity index (χ2v) is 5.52. The van der Waals surface area contributed by atoms with Gasteiger partial charge in [-0.2, -0.15) is 0 Å². The van der Waals surface area contributed by atoms with Gasteiger partial charge in [0.25, 0.3) is 0 Å². The average Bonchev–Trinajstić information content (AvgIpc) is 2.41. The van der Waals surface area contributed by atoms with E-state index in [9.17, 15) is 4.79 Å². The highest BCUT2D eigenvalue weighted by Gasteiger charge is 2.09. The molecule has 6 heteroatoms. The Balaban J connectivity index is 1.90. The minimum Gasteiger partial charge on any atom is -0.482 e. The van der Waals surface area contributed by atoms with Crippen LogP contribution in [-0.4, -0.2) is 12.6 Å². The number of ether oxygens (including phenoxy) is 2. The van der Waals surface area contributed by atoms with Crippen molar-refractivity contribution in [3.63, 3.8) is 0 Å². The molecule has 0 aliphatic rings. The molecule has 0 aliphatic heterocycles. The summed E-state index contributed by atoms with van der Waals surface area (Å²) in [5, 5.41) is 1.15. The zero-order chi connectivity index (χ0) is 14.5. The van der Waals surface area contributed by atoms with Gasteiger partial charge in [-0.1, -0.05) is 23.2 Å². The summed E-state index contributed by atoms with van der Waals surface area (Å²) in [5.41, 5.74) is 0. The Bertz CT molecular complexity index is 614. The minimum atomic E-state index is -0.511. The molecule has 20 heavy (non-hydrogen) atoms. The molecule has 0 N–H and O–H groups in total. The van der Waals surface area contributed by atoms with Crippen molar-refractivity contribution in [3.8, 4) is 11.5 Å². The van der Waals surface area contributed by atoms with Crippen molar-refractivity contribution in [1.82, 2.24) is 0 Å². The Morgan fingerprint density at radius 2 is 1.70 bits per heavy atom. The molecule has 0 heterocycles. The van der Waals surface area contributed by atoms with Crippen molar-refractivity contribution in [3.05, 3.63) is 57.0 Å². The third-order valence-electron chi connectivity index (χ3n) is 2.29. The van der Waals surface area contributed by atoms with Crippen LogP contribution in [0.4, 0.5) is 0 Å². The summed E-state index contributed by atoms with van der Waals surface area (Å²) in [4.78, 5) is 11.7. The molecule has 0 atom stereocenters. The Morgan fingerprint density at radius 1 is 1.05 bits per heavy atom. The van der Waals surface area contributed by atoms with Crippen molar-refractivity contribution < 1.29 is 14.3 Å². The normalized spacial score (nSPS) is 10.2. The molecule has 104 valence electrons. The first-order valence-electron chi connectivity index (χ1n) is 5.59. The molecular formula is C14H9BrCl2O3. The summed E-state index contributed by atoms with van der Waals surface area (Å²) in [5.74, 6) is 0.420. The summed E-state index contributed by atoms with van der Waals surface area (Å²) in [6.07, 6.45) is 0. The Hall–Kier alpha value is -1.23. The van der Waals surface area contributed by atoms with Gasteiger partial charge in [-0.25, -0.2) is 4.79 Å². The van der Waals surface area contributed by atoms with E-state index >= 15 is 0 Å². The largest absolute Gasteiger partial charge is 0.482 e. The molecule has 0 bridgehead atoms. The molecule has 0 fully saturated rings. The summed E-state index contributed by atoms with van der Waals surface area (Å²) in [7, 11) is 0. The lowest BCUT2D eigenvalue weighted by molar-refractivity contribution is -0.136. The van der Waals surface area contributed by atoms with E-state index in [-0.39, 0.29) is 6.61 Å². The first kappa shape index (κ1) is 15.2. The van der Waals surface area contributed by atoms with E-state index in [0.29, 0.717) is 26.0 Å². The number of hydrogen-bond acceptors (Lipinski definition) is 3. The molecule has 0 aliphatic carbocycles. The molecular weight excluding hydrogens is 367 g/mol. The number of carbonyl (C=O) groups is 1. The van der Waals surface area contributed by atoms with Gasteiger partial charge in [0.05, 0.1) is 4.47 Å². The average molecular weight is 376 g/mol. The number of halogens is 3. The standard InChI is InChI=1S/C14H9BrCl2O3/c15-12-7-10(17)3-6-13(12)20-14(18)8-19-11-4-1-9(16)2-5-11/h1-7H,8H2. The number of carbonyl (C=O) groups excluding carboxylic acids is 1. The second-order valence-electron chi connectivity index (χ2n) is 3.79. The minimum absolute atomic E-state index is 0.198. The lowest BCUT2D eigenvalue weighted by Crippen LogP contribution is -2.17. The van der Waals surface area contributed by atoms with Crippen LogP contribution in [0.1, 0.15) is 0 Å². The maximum Gasteiger partial charge on any atom is 0.349 e. The van der Waals surface area contributed by atoms with E-state index in [1.807, 2.05) is 0 Å². The van der Waals surface area contributed by atoms with Gasteiger partial charge in [-0.3, -0.25) is 0 Å². The highest BCUT2D eigenvalue weighted by molar-refractivity contribution is 9.10. The van der Waals surface area contributed by atoms with Crippen molar-refractivity contribution in [2.45, 2.75) is 0 Å². The molecule has 2 rings (SSSR count). The number of hydrogen-bond donors (Lipinski definition) is 0. The van der Waals surface area contributed by atoms with E-state index < -0.39 is 5.97 Å². The fourth-order valence-electron chi connectivity index (χ4n) is 1.38. The van der Waals surface area contributed by atoms with E-state index in [1.54, 1.807) is 42.5 Å². The van der Waals surface area contributed by atoms with Crippen LogP contribution in [0.15, 0.2) is 46.9 Å². The van der Waals surface area contributed by atoms with Gasteiger partial charge < -0.3 is 9.47 Å². The van der Waals surface area contributed by atoms with E-state index in [1.165, 1.54) is 0 Å². The van der Waals surface area contributed by atoms with Crippen LogP contribution in [0, 0.1) is 0 Å². The van der Waals surface area contributed by atoms with Gasteiger partial charge in [0, 0.05) is 10.0 Å². The first-order chi connectivity index (χ1) is 9.54. The van der Waals surface area contributed by atoms with Crippen LogP contribution in [0.25, 0.3) is 0 Å².